The molecule has 0 radical (unpaired) electrons. The number of ether oxygens (including phenoxy) is 1. The third-order valence-corrected chi connectivity index (χ3v) is 7.81. The van der Waals surface area contributed by atoms with E-state index in [1.165, 1.54) is 0 Å². The summed E-state index contributed by atoms with van der Waals surface area (Å²) in [5, 5.41) is 4.16. The maximum Gasteiger partial charge on any atom is 0.258 e. The predicted octanol–water partition coefficient (Wildman–Crippen LogP) is 6.15. The molecule has 0 fully saturated rings. The smallest absolute Gasteiger partial charge is 0.258 e. The lowest BCUT2D eigenvalue weighted by molar-refractivity contribution is 0.272. The van der Waals surface area contributed by atoms with E-state index in [1.54, 1.807) is 7.11 Å². The lowest BCUT2D eigenvalue weighted by Gasteiger charge is -2.31. The Hall–Kier alpha value is -2.75. The number of rotatable bonds is 10. The zero-order valence-corrected chi connectivity index (χ0v) is 20.4. The fourth-order valence-corrected chi connectivity index (χ4v) is 6.03. The molecule has 0 unspecified atom stereocenters. The lowest BCUT2D eigenvalue weighted by Crippen LogP contribution is -2.22. The third-order valence-electron chi connectivity index (χ3n) is 5.18. The van der Waals surface area contributed by atoms with E-state index in [0.29, 0.717) is 17.7 Å². The van der Waals surface area contributed by atoms with Crippen LogP contribution in [0.3, 0.4) is 0 Å². The summed E-state index contributed by atoms with van der Waals surface area (Å²) in [5.41, 5.74) is 2.69. The Morgan fingerprint density at radius 2 is 1.53 bits per heavy atom. The molecule has 0 aromatic heterocycles. The van der Waals surface area contributed by atoms with E-state index in [0.717, 1.165) is 16.9 Å². The average molecular weight is 453 g/mol. The van der Waals surface area contributed by atoms with E-state index in [1.807, 2.05) is 97.9 Å². The highest BCUT2D eigenvalue weighted by molar-refractivity contribution is 7.67. The Bertz CT molecular complexity index is 1040. The molecule has 0 aliphatic rings. The van der Waals surface area contributed by atoms with Crippen LogP contribution in [0.1, 0.15) is 25.2 Å². The number of hydrogen-bond donors (Lipinski definition) is 1. The Labute approximate surface area is 191 Å². The first-order chi connectivity index (χ1) is 15.3. The van der Waals surface area contributed by atoms with Gasteiger partial charge in [-0.25, -0.2) is 0 Å². The second kappa shape index (κ2) is 10.7. The summed E-state index contributed by atoms with van der Waals surface area (Å²) in [6, 6.07) is 25.2. The van der Waals surface area contributed by atoms with Crippen LogP contribution >= 0.6 is 7.37 Å². The highest BCUT2D eigenvalue weighted by atomic mass is 31.2. The van der Waals surface area contributed by atoms with Crippen LogP contribution in [-0.4, -0.2) is 27.8 Å². The van der Waals surface area contributed by atoms with Gasteiger partial charge in [0.25, 0.3) is 7.37 Å². The molecule has 1 N–H and O–H groups in total. The quantitative estimate of drug-likeness (QED) is 0.374. The Kier molecular flexibility index (Phi) is 8.00. The highest BCUT2D eigenvalue weighted by Crippen LogP contribution is 2.60. The first kappa shape index (κ1) is 23.9. The molecule has 6 heteroatoms. The van der Waals surface area contributed by atoms with Gasteiger partial charge in [-0.05, 0) is 48.4 Å². The first-order valence-corrected chi connectivity index (χ1v) is 12.5. The molecule has 2 atom stereocenters. The second-order valence-electron chi connectivity index (χ2n) is 8.35. The molecule has 0 saturated carbocycles. The lowest BCUT2D eigenvalue weighted by atomic mass is 10.2. The average Bonchev–Trinajstić information content (AvgIpc) is 2.81. The van der Waals surface area contributed by atoms with Gasteiger partial charge < -0.3 is 19.5 Å². The van der Waals surface area contributed by atoms with Gasteiger partial charge in [0.05, 0.1) is 13.7 Å². The van der Waals surface area contributed by atoms with Crippen LogP contribution < -0.4 is 20.3 Å². The van der Waals surface area contributed by atoms with Gasteiger partial charge in [-0.2, -0.15) is 0 Å². The fraction of sp³-hybridized carbons (Fsp3) is 0.308. The van der Waals surface area contributed by atoms with Gasteiger partial charge in [0.1, 0.15) is 11.5 Å². The summed E-state index contributed by atoms with van der Waals surface area (Å²) in [6.07, 6.45) is 0. The fourth-order valence-electron chi connectivity index (χ4n) is 3.45. The van der Waals surface area contributed by atoms with Gasteiger partial charge >= 0.3 is 0 Å². The molecule has 5 nitrogen and oxygen atoms in total. The van der Waals surface area contributed by atoms with Crippen LogP contribution in [0.4, 0.5) is 11.4 Å². The van der Waals surface area contributed by atoms with E-state index in [4.69, 9.17) is 9.26 Å². The third kappa shape index (κ3) is 5.53. The molecule has 170 valence electrons. The predicted molar refractivity (Wildman–Crippen MR) is 135 cm³/mol. The second-order valence-corrected chi connectivity index (χ2v) is 10.8. The summed E-state index contributed by atoms with van der Waals surface area (Å²) in [7, 11) is 2.18. The van der Waals surface area contributed by atoms with Crippen LogP contribution in [0.25, 0.3) is 0 Å². The molecule has 0 amide bonds. The van der Waals surface area contributed by atoms with Gasteiger partial charge in [-0.1, -0.05) is 50.2 Å². The topological polar surface area (TPSA) is 50.8 Å². The normalized spacial score (nSPS) is 13.9. The van der Waals surface area contributed by atoms with Gasteiger partial charge in [-0.3, -0.25) is 4.57 Å². The van der Waals surface area contributed by atoms with E-state index >= 15 is 0 Å². The maximum atomic E-state index is 14.8. The number of methoxy groups -OCH3 is 1. The van der Waals surface area contributed by atoms with Crippen molar-refractivity contribution in [1.29, 1.82) is 0 Å². The minimum atomic E-state index is -3.42. The van der Waals surface area contributed by atoms with Crippen molar-refractivity contribution in [2.24, 2.45) is 5.92 Å². The van der Waals surface area contributed by atoms with Crippen LogP contribution in [-0.2, 0) is 9.09 Å². The molecule has 32 heavy (non-hydrogen) atoms. The SMILES string of the molecule is COc1ccccc1[C@H](Nc1ccccc1)[P@](=O)(OCC(C)C)c1ccc(N(C)C)cc1. The van der Waals surface area contributed by atoms with Crippen molar-refractivity contribution in [3.63, 3.8) is 0 Å². The zero-order valence-electron chi connectivity index (χ0n) is 19.5. The number of hydrogen-bond acceptors (Lipinski definition) is 5. The van der Waals surface area contributed by atoms with E-state index in [9.17, 15) is 4.57 Å². The van der Waals surface area contributed by atoms with Crippen LogP contribution in [0.5, 0.6) is 5.75 Å². The summed E-state index contributed by atoms with van der Waals surface area (Å²) in [6.45, 7) is 4.50. The van der Waals surface area contributed by atoms with E-state index in [-0.39, 0.29) is 5.92 Å². The molecule has 0 spiro atoms. The van der Waals surface area contributed by atoms with Gasteiger partial charge in [0, 0.05) is 36.3 Å². The largest absolute Gasteiger partial charge is 0.496 e. The van der Waals surface area contributed by atoms with Crippen molar-refractivity contribution in [2.45, 2.75) is 19.6 Å². The Morgan fingerprint density at radius 1 is 0.906 bits per heavy atom. The minimum Gasteiger partial charge on any atom is -0.496 e. The van der Waals surface area contributed by atoms with Crippen LogP contribution in [0.15, 0.2) is 78.9 Å². The van der Waals surface area contributed by atoms with Crippen molar-refractivity contribution < 1.29 is 13.8 Å². The molecule has 0 heterocycles. The summed E-state index contributed by atoms with van der Waals surface area (Å²) in [4.78, 5) is 2.02. The molecule has 0 bridgehead atoms. The highest BCUT2D eigenvalue weighted by Gasteiger charge is 2.39. The molecular formula is C26H33N2O3P. The molecule has 3 aromatic carbocycles. The van der Waals surface area contributed by atoms with Crippen LogP contribution in [0.2, 0.25) is 0 Å². The number of para-hydroxylation sites is 2. The molecular weight excluding hydrogens is 419 g/mol. The molecule has 0 aliphatic heterocycles. The van der Waals surface area contributed by atoms with Crippen molar-refractivity contribution in [1.82, 2.24) is 0 Å². The van der Waals surface area contributed by atoms with Gasteiger partial charge in [0.2, 0.25) is 0 Å². The monoisotopic (exact) mass is 452 g/mol. The standard InChI is InChI=1S/C26H33N2O3P/c1-20(2)19-31-32(29,23-17-15-22(16-18-23)28(3)4)26(27-21-11-7-6-8-12-21)24-13-9-10-14-25(24)30-5/h6-18,20,26-27H,19H2,1-5H3/t26-,32-/m1/s1. The van der Waals surface area contributed by atoms with E-state index in [2.05, 4.69) is 19.2 Å². The summed E-state index contributed by atoms with van der Waals surface area (Å²) in [5.74, 6) is 0.281. The van der Waals surface area contributed by atoms with Crippen molar-refractivity contribution in [3.05, 3.63) is 84.4 Å². The maximum absolute atomic E-state index is 14.8. The Morgan fingerprint density at radius 3 is 2.12 bits per heavy atom. The van der Waals surface area contributed by atoms with Gasteiger partial charge in [-0.15, -0.1) is 0 Å². The zero-order chi connectivity index (χ0) is 23.1. The van der Waals surface area contributed by atoms with Crippen molar-refractivity contribution >= 4 is 24.0 Å². The van der Waals surface area contributed by atoms with Crippen molar-refractivity contribution in [3.8, 4) is 5.75 Å². The number of nitrogens with zero attached hydrogens (tertiary/aromatic N) is 1. The molecule has 0 saturated heterocycles. The number of anilines is 2. The van der Waals surface area contributed by atoms with Gasteiger partial charge in [0.15, 0.2) is 0 Å². The first-order valence-electron chi connectivity index (χ1n) is 10.8. The molecule has 0 aliphatic carbocycles. The molecule has 3 rings (SSSR count). The summed E-state index contributed by atoms with van der Waals surface area (Å²) < 4.78 is 26.8. The number of benzene rings is 3. The molecule has 3 aromatic rings. The minimum absolute atomic E-state index is 0.236. The van der Waals surface area contributed by atoms with Crippen LogP contribution in [0, 0.1) is 5.92 Å². The number of nitrogens with one attached hydrogen (secondary N) is 1. The Balaban J connectivity index is 2.16. The summed E-state index contributed by atoms with van der Waals surface area (Å²) >= 11 is 0. The van der Waals surface area contributed by atoms with E-state index < -0.39 is 13.2 Å². The van der Waals surface area contributed by atoms with Crippen molar-refractivity contribution in [2.75, 3.05) is 38.0 Å².